The van der Waals surface area contributed by atoms with Crippen LogP contribution in [0.4, 0.5) is 13.2 Å². The predicted octanol–water partition coefficient (Wildman–Crippen LogP) is 3.54. The summed E-state index contributed by atoms with van der Waals surface area (Å²) in [6.45, 7) is 1.40. The quantitative estimate of drug-likeness (QED) is 0.790. The second-order valence-electron chi connectivity index (χ2n) is 3.84. The lowest BCUT2D eigenvalue weighted by Crippen LogP contribution is -2.20. The number of aromatic nitrogens is 1. The van der Waals surface area contributed by atoms with Gasteiger partial charge in [0.2, 0.25) is 0 Å². The molecule has 0 bridgehead atoms. The van der Waals surface area contributed by atoms with Crippen LogP contribution in [0, 0.1) is 0 Å². The molecule has 0 fully saturated rings. The molecule has 19 heavy (non-hydrogen) atoms. The molecule has 1 atom stereocenters. The van der Waals surface area contributed by atoms with Crippen LogP contribution in [0.5, 0.6) is 0 Å². The van der Waals surface area contributed by atoms with E-state index in [0.29, 0.717) is 12.3 Å². The summed E-state index contributed by atoms with van der Waals surface area (Å²) in [5.41, 5.74) is -1.10. The van der Waals surface area contributed by atoms with Gasteiger partial charge in [0, 0.05) is 12.1 Å². The molecule has 0 aliphatic rings. The van der Waals surface area contributed by atoms with Gasteiger partial charge in [0.05, 0.1) is 15.8 Å². The molecule has 3 nitrogen and oxygen atoms in total. The van der Waals surface area contributed by atoms with Crippen LogP contribution in [-0.2, 0) is 16.0 Å². The fraction of sp³-hybridized carbons (Fsp3) is 0.500. The molecule has 1 rings (SSSR count). The number of pyridine rings is 1. The van der Waals surface area contributed by atoms with E-state index in [1.165, 1.54) is 6.92 Å². The summed E-state index contributed by atoms with van der Waals surface area (Å²) in [5.74, 6) is 0.110. The summed E-state index contributed by atoms with van der Waals surface area (Å²) in [7, 11) is -3.89. The van der Waals surface area contributed by atoms with Crippen LogP contribution in [0.1, 0.15) is 18.9 Å². The first-order valence-corrected chi connectivity index (χ1v) is 7.59. The Bertz CT molecular complexity index is 560. The molecule has 9 heteroatoms. The Morgan fingerprint density at radius 3 is 2.42 bits per heavy atom. The van der Waals surface area contributed by atoms with Crippen LogP contribution in [0.3, 0.4) is 0 Å². The van der Waals surface area contributed by atoms with E-state index in [-0.39, 0.29) is 12.3 Å². The zero-order valence-corrected chi connectivity index (χ0v) is 12.0. The summed E-state index contributed by atoms with van der Waals surface area (Å²) in [6, 6.07) is 0.550. The monoisotopic (exact) mass is 335 g/mol. The SMILES string of the molecule is CC(CCCl)S(=O)(=O)c1ncc(C(F)(F)F)cc1Cl. The van der Waals surface area contributed by atoms with E-state index in [2.05, 4.69) is 4.98 Å². The summed E-state index contributed by atoms with van der Waals surface area (Å²) in [5, 5.41) is -1.97. The molecule has 0 aromatic carbocycles. The molecule has 1 heterocycles. The van der Waals surface area contributed by atoms with E-state index >= 15 is 0 Å². The van der Waals surface area contributed by atoms with Gasteiger partial charge in [-0.05, 0) is 19.4 Å². The third-order valence-electron chi connectivity index (χ3n) is 2.45. The van der Waals surface area contributed by atoms with E-state index in [9.17, 15) is 21.6 Å². The van der Waals surface area contributed by atoms with Gasteiger partial charge < -0.3 is 0 Å². The van der Waals surface area contributed by atoms with Crippen LogP contribution < -0.4 is 0 Å². The van der Waals surface area contributed by atoms with Crippen molar-refractivity contribution in [2.24, 2.45) is 0 Å². The van der Waals surface area contributed by atoms with Crippen molar-refractivity contribution in [2.45, 2.75) is 29.8 Å². The second kappa shape index (κ2) is 5.85. The van der Waals surface area contributed by atoms with Crippen LogP contribution in [0.2, 0.25) is 5.02 Å². The number of sulfone groups is 1. The highest BCUT2D eigenvalue weighted by molar-refractivity contribution is 7.92. The Balaban J connectivity index is 3.24. The van der Waals surface area contributed by atoms with Crippen LogP contribution in [0.25, 0.3) is 0 Å². The van der Waals surface area contributed by atoms with E-state index in [0.717, 1.165) is 0 Å². The first-order chi connectivity index (χ1) is 8.60. The van der Waals surface area contributed by atoms with Crippen LogP contribution in [-0.4, -0.2) is 24.5 Å². The minimum absolute atomic E-state index is 0.110. The van der Waals surface area contributed by atoms with Crippen molar-refractivity contribution < 1.29 is 21.6 Å². The standard InChI is InChI=1S/C10H10Cl2F3NO2S/c1-6(2-3-11)19(17,18)9-8(12)4-7(5-16-9)10(13,14)15/h4-6H,2-3H2,1H3. The number of hydrogen-bond acceptors (Lipinski definition) is 3. The number of hydrogen-bond donors (Lipinski definition) is 0. The van der Waals surface area contributed by atoms with Gasteiger partial charge in [-0.1, -0.05) is 11.6 Å². The lowest BCUT2D eigenvalue weighted by atomic mass is 10.3. The van der Waals surface area contributed by atoms with Crippen molar-refractivity contribution in [1.29, 1.82) is 0 Å². The van der Waals surface area contributed by atoms with Crippen molar-refractivity contribution in [3.8, 4) is 0 Å². The zero-order chi connectivity index (χ0) is 14.8. The van der Waals surface area contributed by atoms with Crippen molar-refractivity contribution in [2.75, 3.05) is 5.88 Å². The third-order valence-corrected chi connectivity index (χ3v) is 5.23. The van der Waals surface area contributed by atoms with Gasteiger partial charge >= 0.3 is 6.18 Å². The van der Waals surface area contributed by atoms with Crippen molar-refractivity contribution >= 4 is 33.0 Å². The van der Waals surface area contributed by atoms with Crippen molar-refractivity contribution in [3.63, 3.8) is 0 Å². The molecule has 0 aliphatic carbocycles. The molecule has 0 radical (unpaired) electrons. The second-order valence-corrected chi connectivity index (χ2v) is 6.91. The molecule has 0 N–H and O–H groups in total. The van der Waals surface area contributed by atoms with Gasteiger partial charge in [0.1, 0.15) is 0 Å². The Labute approximate surface area is 118 Å². The maximum Gasteiger partial charge on any atom is 0.417 e. The van der Waals surface area contributed by atoms with Gasteiger partial charge in [0.15, 0.2) is 14.9 Å². The first-order valence-electron chi connectivity index (χ1n) is 5.13. The fourth-order valence-corrected chi connectivity index (χ4v) is 3.57. The summed E-state index contributed by atoms with van der Waals surface area (Å²) in [6.07, 6.45) is -4.02. The molecular weight excluding hydrogens is 326 g/mol. The molecule has 0 saturated heterocycles. The lowest BCUT2D eigenvalue weighted by Gasteiger charge is -2.13. The third kappa shape index (κ3) is 3.73. The number of rotatable bonds is 4. The fourth-order valence-electron chi connectivity index (χ4n) is 1.29. The van der Waals surface area contributed by atoms with E-state index < -0.39 is 36.9 Å². The largest absolute Gasteiger partial charge is 0.417 e. The van der Waals surface area contributed by atoms with Gasteiger partial charge in [-0.15, -0.1) is 11.6 Å². The molecule has 0 amide bonds. The van der Waals surface area contributed by atoms with E-state index in [1.54, 1.807) is 0 Å². The minimum Gasteiger partial charge on any atom is -0.243 e. The molecule has 1 unspecified atom stereocenters. The number of alkyl halides is 4. The first kappa shape index (κ1) is 16.5. The highest BCUT2D eigenvalue weighted by atomic mass is 35.5. The molecular formula is C10H10Cl2F3NO2S. The Hall–Kier alpha value is -0.530. The summed E-state index contributed by atoms with van der Waals surface area (Å²) >= 11 is 11.0. The number of nitrogens with zero attached hydrogens (tertiary/aromatic N) is 1. The van der Waals surface area contributed by atoms with Gasteiger partial charge in [-0.2, -0.15) is 13.2 Å². The van der Waals surface area contributed by atoms with Crippen molar-refractivity contribution in [1.82, 2.24) is 4.98 Å². The molecule has 1 aromatic heterocycles. The molecule has 0 aliphatic heterocycles. The lowest BCUT2D eigenvalue weighted by molar-refractivity contribution is -0.137. The number of halogens is 5. The minimum atomic E-state index is -4.62. The molecule has 0 saturated carbocycles. The van der Waals surface area contributed by atoms with Gasteiger partial charge in [-0.25, -0.2) is 13.4 Å². The maximum absolute atomic E-state index is 12.4. The van der Waals surface area contributed by atoms with E-state index in [1.807, 2.05) is 0 Å². The summed E-state index contributed by atoms with van der Waals surface area (Å²) < 4.78 is 61.3. The summed E-state index contributed by atoms with van der Waals surface area (Å²) in [4.78, 5) is 3.34. The van der Waals surface area contributed by atoms with Crippen LogP contribution >= 0.6 is 23.2 Å². The highest BCUT2D eigenvalue weighted by Gasteiger charge is 2.34. The zero-order valence-electron chi connectivity index (χ0n) is 9.71. The average molecular weight is 336 g/mol. The molecule has 108 valence electrons. The van der Waals surface area contributed by atoms with Gasteiger partial charge in [0.25, 0.3) is 0 Å². The molecule has 1 aromatic rings. The highest BCUT2D eigenvalue weighted by Crippen LogP contribution is 2.33. The maximum atomic E-state index is 12.4. The van der Waals surface area contributed by atoms with Crippen LogP contribution in [0.15, 0.2) is 17.3 Å². The Morgan fingerprint density at radius 2 is 2.00 bits per heavy atom. The average Bonchev–Trinajstić information content (AvgIpc) is 2.27. The predicted molar refractivity (Wildman–Crippen MR) is 66.2 cm³/mol. The van der Waals surface area contributed by atoms with E-state index in [4.69, 9.17) is 23.2 Å². The normalized spacial score (nSPS) is 14.4. The van der Waals surface area contributed by atoms with Gasteiger partial charge in [-0.3, -0.25) is 0 Å². The topological polar surface area (TPSA) is 47.0 Å². The smallest absolute Gasteiger partial charge is 0.243 e. The Morgan fingerprint density at radius 1 is 1.42 bits per heavy atom. The molecule has 0 spiro atoms. The Kier molecular flexibility index (Phi) is 5.08. The van der Waals surface area contributed by atoms with Crippen molar-refractivity contribution in [3.05, 3.63) is 22.8 Å².